The predicted molar refractivity (Wildman–Crippen MR) is 94.1 cm³/mol. The Kier molecular flexibility index (Phi) is 7.93. The van der Waals surface area contributed by atoms with Crippen LogP contribution >= 0.6 is 24.0 Å². The number of halogens is 4. The Morgan fingerprint density at radius 2 is 1.91 bits per heavy atom. The lowest BCUT2D eigenvalue weighted by molar-refractivity contribution is -0.153. The maximum absolute atomic E-state index is 12.0. The molecule has 2 rings (SSSR count). The number of alkyl halides is 3. The third-order valence-electron chi connectivity index (χ3n) is 3.55. The zero-order chi connectivity index (χ0) is 16.0. The minimum absolute atomic E-state index is 0. The smallest absolute Gasteiger partial charge is 0.422 e. The van der Waals surface area contributed by atoms with Crippen molar-refractivity contribution in [1.82, 2.24) is 5.32 Å². The van der Waals surface area contributed by atoms with Gasteiger partial charge in [-0.25, -0.2) is 4.99 Å². The molecule has 1 fully saturated rings. The first-order valence-corrected chi connectivity index (χ1v) is 7.25. The number of guanidine groups is 1. The Hall–Kier alpha value is -1.19. The van der Waals surface area contributed by atoms with E-state index in [4.69, 9.17) is 5.73 Å². The Morgan fingerprint density at radius 1 is 1.26 bits per heavy atom. The third kappa shape index (κ3) is 7.76. The van der Waals surface area contributed by atoms with Crippen molar-refractivity contribution in [2.45, 2.75) is 32.0 Å². The Morgan fingerprint density at radius 3 is 2.43 bits per heavy atom. The van der Waals surface area contributed by atoms with Crippen LogP contribution in [0.4, 0.5) is 13.2 Å². The van der Waals surface area contributed by atoms with Crippen LogP contribution in [0.2, 0.25) is 0 Å². The molecule has 1 aromatic carbocycles. The first-order chi connectivity index (χ1) is 10.4. The topological polar surface area (TPSA) is 59.6 Å². The molecule has 0 heterocycles. The van der Waals surface area contributed by atoms with Crippen molar-refractivity contribution >= 4 is 29.9 Å². The van der Waals surface area contributed by atoms with Crippen LogP contribution in [0.15, 0.2) is 29.3 Å². The van der Waals surface area contributed by atoms with Crippen molar-refractivity contribution in [1.29, 1.82) is 0 Å². The summed E-state index contributed by atoms with van der Waals surface area (Å²) in [5.74, 6) is 1.27. The highest BCUT2D eigenvalue weighted by molar-refractivity contribution is 14.0. The summed E-state index contributed by atoms with van der Waals surface area (Å²) < 4.78 is 40.7. The molecule has 1 aliphatic carbocycles. The fourth-order valence-corrected chi connectivity index (χ4v) is 2.03. The van der Waals surface area contributed by atoms with Crippen molar-refractivity contribution < 1.29 is 17.9 Å². The van der Waals surface area contributed by atoms with Gasteiger partial charge in [-0.15, -0.1) is 24.0 Å². The summed E-state index contributed by atoms with van der Waals surface area (Å²) in [4.78, 5) is 4.20. The lowest BCUT2D eigenvalue weighted by Crippen LogP contribution is -2.37. The van der Waals surface area contributed by atoms with Crippen LogP contribution in [-0.2, 0) is 6.54 Å². The zero-order valence-electron chi connectivity index (χ0n) is 12.6. The Balaban J connectivity index is 0.00000264. The molecule has 1 saturated carbocycles. The highest BCUT2D eigenvalue weighted by Crippen LogP contribution is 2.25. The maximum atomic E-state index is 12.0. The molecular formula is C15H21F3IN3O. The summed E-state index contributed by atoms with van der Waals surface area (Å²) in [6, 6.07) is 6.34. The molecule has 0 aliphatic heterocycles. The molecule has 4 nitrogen and oxygen atoms in total. The van der Waals surface area contributed by atoms with Crippen molar-refractivity contribution in [2.24, 2.45) is 16.6 Å². The van der Waals surface area contributed by atoms with E-state index in [1.165, 1.54) is 31.4 Å². The van der Waals surface area contributed by atoms with Gasteiger partial charge in [-0.1, -0.05) is 18.6 Å². The van der Waals surface area contributed by atoms with Crippen molar-refractivity contribution in [3.8, 4) is 5.75 Å². The zero-order valence-corrected chi connectivity index (χ0v) is 14.9. The average molecular weight is 443 g/mol. The molecule has 130 valence electrons. The van der Waals surface area contributed by atoms with Crippen LogP contribution in [0, 0.1) is 5.92 Å². The number of hydrogen-bond donors (Lipinski definition) is 2. The molecule has 0 saturated heterocycles. The Labute approximate surface area is 150 Å². The van der Waals surface area contributed by atoms with E-state index in [0.29, 0.717) is 18.4 Å². The van der Waals surface area contributed by atoms with E-state index in [1.807, 2.05) is 0 Å². The quantitative estimate of drug-likeness (QED) is 0.403. The molecular weight excluding hydrogens is 422 g/mol. The van der Waals surface area contributed by atoms with Gasteiger partial charge in [0.25, 0.3) is 0 Å². The molecule has 1 aromatic rings. The maximum Gasteiger partial charge on any atom is 0.422 e. The van der Waals surface area contributed by atoms with Gasteiger partial charge in [0.2, 0.25) is 0 Å². The minimum Gasteiger partial charge on any atom is -0.484 e. The highest BCUT2D eigenvalue weighted by Gasteiger charge is 2.28. The van der Waals surface area contributed by atoms with E-state index in [1.54, 1.807) is 12.1 Å². The van der Waals surface area contributed by atoms with Crippen LogP contribution in [0.3, 0.4) is 0 Å². The van der Waals surface area contributed by atoms with E-state index in [-0.39, 0.29) is 29.7 Å². The monoisotopic (exact) mass is 443 g/mol. The molecule has 3 N–H and O–H groups in total. The van der Waals surface area contributed by atoms with Crippen molar-refractivity contribution in [2.75, 3.05) is 13.2 Å². The van der Waals surface area contributed by atoms with Gasteiger partial charge >= 0.3 is 6.18 Å². The molecule has 0 aromatic heterocycles. The van der Waals surface area contributed by atoms with Crippen LogP contribution in [0.5, 0.6) is 5.75 Å². The lowest BCUT2D eigenvalue weighted by Gasteiger charge is -2.25. The van der Waals surface area contributed by atoms with Crippen molar-refractivity contribution in [3.63, 3.8) is 0 Å². The van der Waals surface area contributed by atoms with Crippen molar-refractivity contribution in [3.05, 3.63) is 29.8 Å². The first-order valence-electron chi connectivity index (χ1n) is 7.25. The van der Waals surface area contributed by atoms with E-state index in [2.05, 4.69) is 15.0 Å². The number of aliphatic imine (C=N–C) groups is 1. The fraction of sp³-hybridized carbons (Fsp3) is 0.533. The molecule has 0 unspecified atom stereocenters. The second-order valence-corrected chi connectivity index (χ2v) is 5.43. The third-order valence-corrected chi connectivity index (χ3v) is 3.55. The van der Waals surface area contributed by atoms with Gasteiger partial charge in [0.15, 0.2) is 12.6 Å². The van der Waals surface area contributed by atoms with Crippen LogP contribution in [0.25, 0.3) is 0 Å². The number of nitrogens with two attached hydrogens (primary N) is 1. The van der Waals surface area contributed by atoms with E-state index < -0.39 is 12.8 Å². The van der Waals surface area contributed by atoms with Gasteiger partial charge in [0, 0.05) is 6.54 Å². The SMILES string of the molecule is I.NC(=NCc1ccc(OCC(F)(F)F)cc1)NCC1CCC1. The van der Waals surface area contributed by atoms with Gasteiger partial charge in [-0.2, -0.15) is 13.2 Å². The predicted octanol–water partition coefficient (Wildman–Crippen LogP) is 3.45. The standard InChI is InChI=1S/C15H20F3N3O.HI/c16-15(17,18)10-22-13-6-4-12(5-7-13)9-21-14(19)20-8-11-2-1-3-11;/h4-7,11H,1-3,8-10H2,(H3,19,20,21);1H. The largest absolute Gasteiger partial charge is 0.484 e. The molecule has 0 atom stereocenters. The molecule has 8 heteroatoms. The summed E-state index contributed by atoms with van der Waals surface area (Å²) in [6.07, 6.45) is -0.574. The molecule has 0 spiro atoms. The molecule has 0 bridgehead atoms. The molecule has 1 aliphatic rings. The van der Waals surface area contributed by atoms with E-state index in [9.17, 15) is 13.2 Å². The number of benzene rings is 1. The summed E-state index contributed by atoms with van der Waals surface area (Å²) >= 11 is 0. The van der Waals surface area contributed by atoms with Gasteiger partial charge < -0.3 is 15.8 Å². The molecule has 23 heavy (non-hydrogen) atoms. The number of nitrogens with one attached hydrogen (secondary N) is 1. The normalized spacial score (nSPS) is 15.5. The van der Waals surface area contributed by atoms with E-state index in [0.717, 1.165) is 12.1 Å². The molecule has 0 radical (unpaired) electrons. The minimum atomic E-state index is -4.33. The van der Waals surface area contributed by atoms with Gasteiger partial charge in [-0.3, -0.25) is 0 Å². The van der Waals surface area contributed by atoms with Crippen LogP contribution in [0.1, 0.15) is 24.8 Å². The second-order valence-electron chi connectivity index (χ2n) is 5.43. The summed E-state index contributed by atoms with van der Waals surface area (Å²) in [5.41, 5.74) is 6.62. The fourth-order valence-electron chi connectivity index (χ4n) is 2.03. The first kappa shape index (κ1) is 19.9. The highest BCUT2D eigenvalue weighted by atomic mass is 127. The van der Waals surface area contributed by atoms with Crippen LogP contribution < -0.4 is 15.8 Å². The van der Waals surface area contributed by atoms with Gasteiger partial charge in [0.1, 0.15) is 5.75 Å². The Bertz CT molecular complexity index is 502. The van der Waals surface area contributed by atoms with Crippen LogP contribution in [-0.4, -0.2) is 25.3 Å². The number of hydrogen-bond acceptors (Lipinski definition) is 2. The number of rotatable bonds is 6. The van der Waals surface area contributed by atoms with E-state index >= 15 is 0 Å². The van der Waals surface area contributed by atoms with Gasteiger partial charge in [0.05, 0.1) is 6.54 Å². The molecule has 0 amide bonds. The van der Waals surface area contributed by atoms with Gasteiger partial charge in [-0.05, 0) is 36.5 Å². The summed E-state index contributed by atoms with van der Waals surface area (Å²) in [7, 11) is 0. The summed E-state index contributed by atoms with van der Waals surface area (Å²) in [5, 5.41) is 3.08. The number of nitrogens with zero attached hydrogens (tertiary/aromatic N) is 1. The summed E-state index contributed by atoms with van der Waals surface area (Å²) in [6.45, 7) is -0.0643. The average Bonchev–Trinajstić information content (AvgIpc) is 2.41. The number of ether oxygens (including phenoxy) is 1. The lowest BCUT2D eigenvalue weighted by atomic mass is 9.85. The second kappa shape index (κ2) is 9.19.